The van der Waals surface area contributed by atoms with E-state index in [2.05, 4.69) is 37.1 Å². The topological polar surface area (TPSA) is 18.5 Å². The van der Waals surface area contributed by atoms with E-state index in [9.17, 15) is 0 Å². The van der Waals surface area contributed by atoms with Crippen LogP contribution < -0.4 is 9.47 Å². The number of aryl methyl sites for hydroxylation is 1. The van der Waals surface area contributed by atoms with Gasteiger partial charge in [0.15, 0.2) is 0 Å². The van der Waals surface area contributed by atoms with Crippen LogP contribution in [0.3, 0.4) is 0 Å². The number of ether oxygens (including phenoxy) is 2. The first-order valence-corrected chi connectivity index (χ1v) is 10.7. The van der Waals surface area contributed by atoms with E-state index in [1.165, 1.54) is 11.1 Å². The molecule has 3 aromatic carbocycles. The van der Waals surface area contributed by atoms with Gasteiger partial charge in [-0.05, 0) is 80.1 Å². The zero-order valence-corrected chi connectivity index (χ0v) is 17.9. The molecule has 3 aromatic rings. The van der Waals surface area contributed by atoms with Crippen LogP contribution in [0.25, 0.3) is 0 Å². The Bertz CT molecular complexity index is 954. The van der Waals surface area contributed by atoms with Crippen LogP contribution in [0.1, 0.15) is 44.2 Å². The minimum absolute atomic E-state index is 0.247. The Morgan fingerprint density at radius 3 is 2.23 bits per heavy atom. The zero-order valence-electron chi connectivity index (χ0n) is 17.9. The van der Waals surface area contributed by atoms with Crippen LogP contribution in [0.5, 0.6) is 17.2 Å². The van der Waals surface area contributed by atoms with E-state index in [1.807, 2.05) is 61.5 Å². The van der Waals surface area contributed by atoms with Gasteiger partial charge in [-0.15, -0.1) is 6.42 Å². The Kier molecular flexibility index (Phi) is 7.57. The van der Waals surface area contributed by atoms with Crippen molar-refractivity contribution in [2.75, 3.05) is 6.61 Å². The average Bonchev–Trinajstić information content (AvgIpc) is 2.79. The van der Waals surface area contributed by atoms with Crippen molar-refractivity contribution < 1.29 is 9.47 Å². The smallest absolute Gasteiger partial charge is 0.127 e. The van der Waals surface area contributed by atoms with Crippen molar-refractivity contribution in [1.82, 2.24) is 0 Å². The number of terminal acetylenes is 1. The predicted octanol–water partition coefficient (Wildman–Crippen LogP) is 7.18. The highest BCUT2D eigenvalue weighted by atomic mass is 16.5. The molecule has 154 valence electrons. The highest BCUT2D eigenvalue weighted by Gasteiger charge is 2.27. The Morgan fingerprint density at radius 1 is 0.833 bits per heavy atom. The summed E-state index contributed by atoms with van der Waals surface area (Å²) in [5.41, 5.74) is 2.21. The summed E-state index contributed by atoms with van der Waals surface area (Å²) >= 11 is 0. The van der Waals surface area contributed by atoms with E-state index in [0.717, 1.165) is 42.9 Å². The predicted molar refractivity (Wildman–Crippen MR) is 124 cm³/mol. The molecule has 30 heavy (non-hydrogen) atoms. The third-order valence-electron chi connectivity index (χ3n) is 5.54. The second-order valence-corrected chi connectivity index (χ2v) is 7.45. The highest BCUT2D eigenvalue weighted by Crippen LogP contribution is 2.34. The molecule has 0 N–H and O–H groups in total. The van der Waals surface area contributed by atoms with Crippen LogP contribution >= 0.6 is 0 Å². The Morgan fingerprint density at radius 2 is 1.57 bits per heavy atom. The van der Waals surface area contributed by atoms with Crippen LogP contribution in [-0.4, -0.2) is 6.61 Å². The summed E-state index contributed by atoms with van der Waals surface area (Å²) in [6.07, 6.45) is 9.87. The van der Waals surface area contributed by atoms with Gasteiger partial charge >= 0.3 is 0 Å². The lowest BCUT2D eigenvalue weighted by atomic mass is 9.75. The van der Waals surface area contributed by atoms with Gasteiger partial charge in [0.2, 0.25) is 0 Å². The van der Waals surface area contributed by atoms with Crippen LogP contribution in [0, 0.1) is 12.3 Å². The lowest BCUT2D eigenvalue weighted by Gasteiger charge is -2.28. The molecule has 0 aliphatic carbocycles. The van der Waals surface area contributed by atoms with E-state index < -0.39 is 0 Å². The summed E-state index contributed by atoms with van der Waals surface area (Å²) in [5, 5.41) is 0. The molecule has 0 saturated heterocycles. The van der Waals surface area contributed by atoms with Crippen LogP contribution in [0.4, 0.5) is 0 Å². The molecule has 0 radical (unpaired) electrons. The van der Waals surface area contributed by atoms with Crippen LogP contribution in [0.2, 0.25) is 0 Å². The molecule has 0 spiro atoms. The first-order chi connectivity index (χ1) is 14.7. The SMILES string of the molecule is C#CC(CC)(CCCc1cccc(Oc2ccccc2)c1)c1ccc(OCC)cc1. The van der Waals surface area contributed by atoms with Gasteiger partial charge in [0, 0.05) is 0 Å². The fourth-order valence-electron chi connectivity index (χ4n) is 3.80. The lowest BCUT2D eigenvalue weighted by Crippen LogP contribution is -2.23. The Labute approximate surface area is 180 Å². The first kappa shape index (κ1) is 21.5. The second kappa shape index (κ2) is 10.6. The van der Waals surface area contributed by atoms with E-state index in [0.29, 0.717) is 6.61 Å². The number of hydrogen-bond acceptors (Lipinski definition) is 2. The molecule has 0 aromatic heterocycles. The molecule has 0 fully saturated rings. The first-order valence-electron chi connectivity index (χ1n) is 10.7. The van der Waals surface area contributed by atoms with Crippen molar-refractivity contribution in [1.29, 1.82) is 0 Å². The number of benzene rings is 3. The van der Waals surface area contributed by atoms with Crippen molar-refractivity contribution in [2.24, 2.45) is 0 Å². The number of rotatable bonds is 10. The van der Waals surface area contributed by atoms with Gasteiger partial charge in [-0.25, -0.2) is 0 Å². The lowest BCUT2D eigenvalue weighted by molar-refractivity contribution is 0.340. The van der Waals surface area contributed by atoms with Crippen LogP contribution in [-0.2, 0) is 11.8 Å². The molecule has 0 amide bonds. The van der Waals surface area contributed by atoms with Crippen molar-refractivity contribution in [3.05, 3.63) is 90.0 Å². The summed E-state index contributed by atoms with van der Waals surface area (Å²) in [5.74, 6) is 5.70. The molecular weight excluding hydrogens is 368 g/mol. The molecular formula is C28H30O2. The fraction of sp³-hybridized carbons (Fsp3) is 0.286. The summed E-state index contributed by atoms with van der Waals surface area (Å²) in [6.45, 7) is 4.83. The third kappa shape index (κ3) is 5.45. The van der Waals surface area contributed by atoms with Gasteiger partial charge < -0.3 is 9.47 Å². The second-order valence-electron chi connectivity index (χ2n) is 7.45. The minimum atomic E-state index is -0.247. The van der Waals surface area contributed by atoms with Gasteiger partial charge in [0.1, 0.15) is 17.2 Å². The van der Waals surface area contributed by atoms with Crippen LogP contribution in [0.15, 0.2) is 78.9 Å². The molecule has 1 unspecified atom stereocenters. The van der Waals surface area contributed by atoms with E-state index >= 15 is 0 Å². The highest BCUT2D eigenvalue weighted by molar-refractivity contribution is 5.38. The number of hydrogen-bond donors (Lipinski definition) is 0. The summed E-state index contributed by atoms with van der Waals surface area (Å²) in [7, 11) is 0. The normalized spacial score (nSPS) is 12.6. The Hall–Kier alpha value is -3.18. The van der Waals surface area contributed by atoms with Gasteiger partial charge in [-0.3, -0.25) is 0 Å². The third-order valence-corrected chi connectivity index (χ3v) is 5.54. The molecule has 0 aliphatic heterocycles. The van der Waals surface area contributed by atoms with Crippen molar-refractivity contribution in [3.8, 4) is 29.6 Å². The summed E-state index contributed by atoms with van der Waals surface area (Å²) < 4.78 is 11.5. The standard InChI is InChI=1S/C28H30O2/c1-4-28(5-2,24-17-19-25(20-18-24)29-6-3)21-11-13-23-12-10-16-27(22-23)30-26-14-8-7-9-15-26/h1,7-10,12,14-20,22H,5-6,11,13,21H2,2-3H3. The molecule has 0 bridgehead atoms. The summed E-state index contributed by atoms with van der Waals surface area (Å²) in [6, 6.07) is 26.4. The van der Waals surface area contributed by atoms with Crippen molar-refractivity contribution in [3.63, 3.8) is 0 Å². The zero-order chi connectivity index (χ0) is 21.2. The average molecular weight is 399 g/mol. The number of para-hydroxylation sites is 1. The maximum Gasteiger partial charge on any atom is 0.127 e. The molecule has 2 heteroatoms. The fourth-order valence-corrected chi connectivity index (χ4v) is 3.80. The van der Waals surface area contributed by atoms with Crippen molar-refractivity contribution in [2.45, 2.75) is 44.9 Å². The minimum Gasteiger partial charge on any atom is -0.494 e. The maximum atomic E-state index is 6.04. The monoisotopic (exact) mass is 398 g/mol. The largest absolute Gasteiger partial charge is 0.494 e. The van der Waals surface area contributed by atoms with E-state index in [4.69, 9.17) is 15.9 Å². The maximum absolute atomic E-state index is 6.04. The Balaban J connectivity index is 1.64. The van der Waals surface area contributed by atoms with Gasteiger partial charge in [0.05, 0.1) is 12.0 Å². The molecule has 3 rings (SSSR count). The van der Waals surface area contributed by atoms with E-state index in [-0.39, 0.29) is 5.41 Å². The van der Waals surface area contributed by atoms with E-state index in [1.54, 1.807) is 0 Å². The molecule has 0 aliphatic rings. The van der Waals surface area contributed by atoms with Gasteiger partial charge in [-0.1, -0.05) is 55.3 Å². The van der Waals surface area contributed by atoms with Gasteiger partial charge in [0.25, 0.3) is 0 Å². The summed E-state index contributed by atoms with van der Waals surface area (Å²) in [4.78, 5) is 0. The molecule has 0 heterocycles. The quantitative estimate of drug-likeness (QED) is 0.337. The molecule has 1 atom stereocenters. The molecule has 2 nitrogen and oxygen atoms in total. The molecule has 0 saturated carbocycles. The van der Waals surface area contributed by atoms with Gasteiger partial charge in [-0.2, -0.15) is 0 Å². The van der Waals surface area contributed by atoms with Crippen molar-refractivity contribution >= 4 is 0 Å².